The Kier molecular flexibility index (Phi) is 4.70. The van der Waals surface area contributed by atoms with Crippen LogP contribution in [0.2, 0.25) is 5.02 Å². The second-order valence-electron chi connectivity index (χ2n) is 7.13. The first kappa shape index (κ1) is 18.1. The number of phenols is 1. The fraction of sp³-hybridized carbons (Fsp3) is 0.400. The average Bonchev–Trinajstić information content (AvgIpc) is 3.45. The van der Waals surface area contributed by atoms with Gasteiger partial charge in [-0.15, -0.1) is 0 Å². The van der Waals surface area contributed by atoms with Crippen LogP contribution in [0.4, 0.5) is 0 Å². The number of hydrogen-bond acceptors (Lipinski definition) is 5. The van der Waals surface area contributed by atoms with Gasteiger partial charge in [-0.3, -0.25) is 9.78 Å². The van der Waals surface area contributed by atoms with Crippen LogP contribution in [-0.2, 0) is 16.1 Å². The molecule has 0 unspecified atom stereocenters. The number of nitrogens with zero attached hydrogens (tertiary/aromatic N) is 2. The summed E-state index contributed by atoms with van der Waals surface area (Å²) in [6, 6.07) is 7.08. The summed E-state index contributed by atoms with van der Waals surface area (Å²) in [5.41, 5.74) is 1.81. The Morgan fingerprint density at radius 1 is 1.41 bits per heavy atom. The van der Waals surface area contributed by atoms with Gasteiger partial charge in [0.15, 0.2) is 11.5 Å². The molecule has 1 aliphatic heterocycles. The van der Waals surface area contributed by atoms with Crippen molar-refractivity contribution in [2.45, 2.75) is 19.4 Å². The molecule has 2 heterocycles. The Morgan fingerprint density at radius 3 is 2.89 bits per heavy atom. The van der Waals surface area contributed by atoms with Crippen molar-refractivity contribution >= 4 is 17.5 Å². The van der Waals surface area contributed by atoms with E-state index in [2.05, 4.69) is 4.98 Å². The molecule has 1 saturated carbocycles. The number of aromatic hydroxyl groups is 1. The zero-order valence-electron chi connectivity index (χ0n) is 15.1. The van der Waals surface area contributed by atoms with E-state index in [9.17, 15) is 9.90 Å². The molecule has 0 bridgehead atoms. The first-order chi connectivity index (χ1) is 13.0. The van der Waals surface area contributed by atoms with E-state index in [4.69, 9.17) is 21.1 Å². The molecule has 0 spiro atoms. The molecule has 1 amide bonds. The van der Waals surface area contributed by atoms with Crippen LogP contribution in [0.1, 0.15) is 18.4 Å². The highest BCUT2D eigenvalue weighted by molar-refractivity contribution is 6.30. The lowest BCUT2D eigenvalue weighted by molar-refractivity contribution is -0.139. The highest BCUT2D eigenvalue weighted by atomic mass is 35.5. The number of ether oxygens (including phenoxy) is 2. The van der Waals surface area contributed by atoms with Gasteiger partial charge in [-0.1, -0.05) is 11.6 Å². The summed E-state index contributed by atoms with van der Waals surface area (Å²) >= 11 is 5.91. The summed E-state index contributed by atoms with van der Waals surface area (Å²) in [6.45, 7) is 1.64. The van der Waals surface area contributed by atoms with E-state index in [1.165, 1.54) is 0 Å². The lowest BCUT2D eigenvalue weighted by Crippen LogP contribution is -2.39. The molecule has 0 atom stereocenters. The highest BCUT2D eigenvalue weighted by Crippen LogP contribution is 2.48. The van der Waals surface area contributed by atoms with Crippen LogP contribution in [0.5, 0.6) is 11.5 Å². The fourth-order valence-electron chi connectivity index (χ4n) is 3.55. The number of aromatic nitrogens is 1. The lowest BCUT2D eigenvalue weighted by Gasteiger charge is -2.25. The fourth-order valence-corrected chi connectivity index (χ4v) is 3.66. The minimum atomic E-state index is -0.392. The molecule has 1 aromatic heterocycles. The van der Waals surface area contributed by atoms with Gasteiger partial charge in [0.25, 0.3) is 0 Å². The first-order valence-corrected chi connectivity index (χ1v) is 9.29. The molecule has 0 saturated heterocycles. The predicted molar refractivity (Wildman–Crippen MR) is 101 cm³/mol. The normalized spacial score (nSPS) is 17.6. The number of amides is 1. The maximum absolute atomic E-state index is 13.0. The molecule has 1 N–H and O–H groups in total. The molecule has 0 radical (unpaired) electrons. The smallest absolute Gasteiger partial charge is 0.231 e. The highest BCUT2D eigenvalue weighted by Gasteiger charge is 2.52. The van der Waals surface area contributed by atoms with Crippen LogP contribution in [0.3, 0.4) is 0 Å². The van der Waals surface area contributed by atoms with E-state index < -0.39 is 5.41 Å². The molecule has 4 rings (SSSR count). The number of halogens is 1. The van der Waals surface area contributed by atoms with E-state index in [-0.39, 0.29) is 11.7 Å². The van der Waals surface area contributed by atoms with Gasteiger partial charge in [-0.2, -0.15) is 0 Å². The van der Waals surface area contributed by atoms with Crippen molar-refractivity contribution in [2.75, 3.05) is 26.9 Å². The van der Waals surface area contributed by atoms with Gasteiger partial charge in [0.05, 0.1) is 29.3 Å². The summed E-state index contributed by atoms with van der Waals surface area (Å²) < 4.78 is 11.0. The Labute approximate surface area is 162 Å². The summed E-state index contributed by atoms with van der Waals surface area (Å²) in [6.07, 6.45) is 3.27. The van der Waals surface area contributed by atoms with Gasteiger partial charge in [0.2, 0.25) is 5.91 Å². The van der Waals surface area contributed by atoms with Gasteiger partial charge >= 0.3 is 0 Å². The average molecular weight is 389 g/mol. The Morgan fingerprint density at radius 2 is 2.22 bits per heavy atom. The summed E-state index contributed by atoms with van der Waals surface area (Å²) in [4.78, 5) is 19.1. The van der Waals surface area contributed by atoms with Crippen molar-refractivity contribution < 1.29 is 19.4 Å². The number of carbonyl (C=O) groups is 1. The van der Waals surface area contributed by atoms with Crippen LogP contribution >= 0.6 is 11.6 Å². The van der Waals surface area contributed by atoms with Gasteiger partial charge < -0.3 is 19.5 Å². The van der Waals surface area contributed by atoms with Crippen molar-refractivity contribution in [3.63, 3.8) is 0 Å². The van der Waals surface area contributed by atoms with E-state index in [1.807, 2.05) is 6.07 Å². The third-order valence-electron chi connectivity index (χ3n) is 5.15. The largest absolute Gasteiger partial charge is 0.504 e. The van der Waals surface area contributed by atoms with Crippen LogP contribution in [0.15, 0.2) is 30.5 Å². The zero-order valence-corrected chi connectivity index (χ0v) is 15.8. The van der Waals surface area contributed by atoms with Gasteiger partial charge in [-0.05, 0) is 37.1 Å². The Bertz CT molecular complexity index is 865. The number of pyridine rings is 1. The van der Waals surface area contributed by atoms with Crippen molar-refractivity contribution in [3.05, 3.63) is 41.0 Å². The molecule has 1 aliphatic carbocycles. The number of rotatable bonds is 4. The van der Waals surface area contributed by atoms with E-state index in [0.29, 0.717) is 42.8 Å². The molecule has 142 valence electrons. The summed E-state index contributed by atoms with van der Waals surface area (Å²) in [5, 5.41) is 11.0. The third kappa shape index (κ3) is 3.47. The molecule has 2 aliphatic rings. The molecule has 6 nitrogen and oxygen atoms in total. The number of fused-ring (bicyclic) bond motifs is 1. The number of methoxy groups -OCH3 is 1. The lowest BCUT2D eigenvalue weighted by atomic mass is 10.0. The van der Waals surface area contributed by atoms with E-state index >= 15 is 0 Å². The van der Waals surface area contributed by atoms with Crippen molar-refractivity contribution in [1.82, 2.24) is 9.88 Å². The number of benzene rings is 1. The third-order valence-corrected chi connectivity index (χ3v) is 5.38. The summed E-state index contributed by atoms with van der Waals surface area (Å²) in [7, 11) is 1.62. The van der Waals surface area contributed by atoms with Gasteiger partial charge in [0.1, 0.15) is 6.61 Å². The molecule has 2 aromatic rings. The van der Waals surface area contributed by atoms with Crippen molar-refractivity contribution in [3.8, 4) is 22.8 Å². The van der Waals surface area contributed by atoms with Gasteiger partial charge in [-0.25, -0.2) is 0 Å². The number of carbonyl (C=O) groups excluding carboxylic acids is 1. The maximum atomic E-state index is 13.0. The molecule has 1 fully saturated rings. The first-order valence-electron chi connectivity index (χ1n) is 8.91. The monoisotopic (exact) mass is 388 g/mol. The second-order valence-corrected chi connectivity index (χ2v) is 7.57. The van der Waals surface area contributed by atoms with Crippen LogP contribution < -0.4 is 4.74 Å². The van der Waals surface area contributed by atoms with Crippen LogP contribution in [0, 0.1) is 5.41 Å². The van der Waals surface area contributed by atoms with Gasteiger partial charge in [0, 0.05) is 31.0 Å². The summed E-state index contributed by atoms with van der Waals surface area (Å²) in [5.74, 6) is 0.571. The van der Waals surface area contributed by atoms with Crippen molar-refractivity contribution in [1.29, 1.82) is 0 Å². The molecular weight excluding hydrogens is 368 g/mol. The predicted octanol–water partition coefficient (Wildman–Crippen LogP) is 3.26. The Balaban J connectivity index is 1.65. The minimum absolute atomic E-state index is 0.0478. The number of hydrogen-bond donors (Lipinski definition) is 1. The number of phenolic OH excluding ortho intramolecular Hbond substituents is 1. The van der Waals surface area contributed by atoms with Crippen LogP contribution in [0.25, 0.3) is 11.3 Å². The second kappa shape index (κ2) is 7.02. The van der Waals surface area contributed by atoms with Crippen LogP contribution in [-0.4, -0.2) is 47.8 Å². The molecule has 1 aromatic carbocycles. The SMILES string of the molecule is COCC1(C(=O)N2CCOc3c(O)cc(-c4ccc(Cl)cn4)cc3C2)CC1. The molecular formula is C20H21ClN2O4. The minimum Gasteiger partial charge on any atom is -0.504 e. The Hall–Kier alpha value is -2.31. The standard InChI is InChI=1S/C20H21ClN2O4/c1-26-12-20(4-5-20)19(25)23-6-7-27-18-14(11-23)8-13(9-17(18)24)16-3-2-15(21)10-22-16/h2-3,8-10,24H,4-7,11-12H2,1H3. The van der Waals surface area contributed by atoms with E-state index in [0.717, 1.165) is 24.0 Å². The maximum Gasteiger partial charge on any atom is 0.231 e. The van der Waals surface area contributed by atoms with Crippen molar-refractivity contribution in [2.24, 2.45) is 5.41 Å². The molecule has 27 heavy (non-hydrogen) atoms. The quantitative estimate of drug-likeness (QED) is 0.870. The topological polar surface area (TPSA) is 71.9 Å². The van der Waals surface area contributed by atoms with E-state index in [1.54, 1.807) is 36.4 Å². The molecule has 7 heteroatoms. The zero-order chi connectivity index (χ0) is 19.0.